The largest absolute Gasteiger partial charge is 0.355 e. The van der Waals surface area contributed by atoms with Crippen molar-refractivity contribution >= 4 is 29.9 Å². The molecule has 0 unspecified atom stereocenters. The lowest BCUT2D eigenvalue weighted by Crippen LogP contribution is -2.39. The Kier molecular flexibility index (Phi) is 7.29. The van der Waals surface area contributed by atoms with Crippen LogP contribution in [0.4, 0.5) is 0 Å². The van der Waals surface area contributed by atoms with Crippen LogP contribution in [0.1, 0.15) is 29.8 Å². The first-order valence-electron chi connectivity index (χ1n) is 8.34. The van der Waals surface area contributed by atoms with Gasteiger partial charge in [0.2, 0.25) is 0 Å². The third-order valence-electron chi connectivity index (χ3n) is 4.57. The molecular weight excluding hydrogens is 361 g/mol. The molecular formula is C18H23Cl2N3O2. The summed E-state index contributed by atoms with van der Waals surface area (Å²) in [4.78, 5) is 14.5. The molecule has 0 saturated carbocycles. The predicted molar refractivity (Wildman–Crippen MR) is 101 cm³/mol. The zero-order chi connectivity index (χ0) is 16.9. The zero-order valence-corrected chi connectivity index (χ0v) is 15.8. The van der Waals surface area contributed by atoms with E-state index in [1.54, 1.807) is 12.1 Å². The second-order valence-electron chi connectivity index (χ2n) is 6.18. The van der Waals surface area contributed by atoms with Crippen LogP contribution in [0.3, 0.4) is 0 Å². The van der Waals surface area contributed by atoms with Gasteiger partial charge in [0.15, 0.2) is 11.5 Å². The molecule has 0 aliphatic carbocycles. The van der Waals surface area contributed by atoms with Crippen LogP contribution in [0.25, 0.3) is 11.3 Å². The van der Waals surface area contributed by atoms with Crippen molar-refractivity contribution in [1.29, 1.82) is 0 Å². The fraction of sp³-hybridized carbons (Fsp3) is 0.444. The number of nitrogens with one attached hydrogen (secondary N) is 1. The number of rotatable bonds is 5. The highest BCUT2D eigenvalue weighted by Crippen LogP contribution is 2.28. The zero-order valence-electron chi connectivity index (χ0n) is 14.2. The van der Waals surface area contributed by atoms with Crippen molar-refractivity contribution in [2.24, 2.45) is 5.92 Å². The SMILES string of the molecule is CNCCC1CCN(C(=O)c2cc(-c3ccccc3Cl)on2)CC1.Cl. The van der Waals surface area contributed by atoms with Gasteiger partial charge in [0.1, 0.15) is 0 Å². The molecule has 0 spiro atoms. The Bertz CT molecular complexity index is 697. The van der Waals surface area contributed by atoms with Gasteiger partial charge in [-0.1, -0.05) is 28.9 Å². The number of likely N-dealkylation sites (tertiary alicyclic amines) is 1. The lowest BCUT2D eigenvalue weighted by Gasteiger charge is -2.31. The van der Waals surface area contributed by atoms with Crippen LogP contribution in [-0.4, -0.2) is 42.6 Å². The first-order valence-corrected chi connectivity index (χ1v) is 8.72. The van der Waals surface area contributed by atoms with E-state index in [4.69, 9.17) is 16.1 Å². The first kappa shape index (κ1) is 19.8. The normalized spacial score (nSPS) is 15.0. The van der Waals surface area contributed by atoms with Crippen LogP contribution in [0.2, 0.25) is 5.02 Å². The molecule has 1 saturated heterocycles. The highest BCUT2D eigenvalue weighted by molar-refractivity contribution is 6.33. The van der Waals surface area contributed by atoms with Crippen molar-refractivity contribution in [2.45, 2.75) is 19.3 Å². The van der Waals surface area contributed by atoms with Crippen molar-refractivity contribution in [3.63, 3.8) is 0 Å². The average molecular weight is 384 g/mol. The molecule has 1 aliphatic rings. The summed E-state index contributed by atoms with van der Waals surface area (Å²) >= 11 is 6.17. The van der Waals surface area contributed by atoms with Gasteiger partial charge in [-0.15, -0.1) is 12.4 Å². The summed E-state index contributed by atoms with van der Waals surface area (Å²) in [7, 11) is 1.97. The summed E-state index contributed by atoms with van der Waals surface area (Å²) in [5.41, 5.74) is 1.09. The number of hydrogen-bond donors (Lipinski definition) is 1. The topological polar surface area (TPSA) is 58.4 Å². The summed E-state index contributed by atoms with van der Waals surface area (Å²) in [5.74, 6) is 1.15. The van der Waals surface area contributed by atoms with Crippen LogP contribution in [0.5, 0.6) is 0 Å². The van der Waals surface area contributed by atoms with E-state index >= 15 is 0 Å². The molecule has 0 atom stereocenters. The maximum atomic E-state index is 12.6. The van der Waals surface area contributed by atoms with Crippen LogP contribution in [-0.2, 0) is 0 Å². The summed E-state index contributed by atoms with van der Waals surface area (Å²) in [6.45, 7) is 2.59. The van der Waals surface area contributed by atoms with Gasteiger partial charge in [0.05, 0.1) is 5.02 Å². The standard InChI is InChI=1S/C18H22ClN3O2.ClH/c1-20-9-6-13-7-10-22(11-8-13)18(23)16-12-17(24-21-16)14-4-2-3-5-15(14)19;/h2-5,12-13,20H,6-11H2,1H3;1H. The van der Waals surface area contributed by atoms with Gasteiger partial charge in [0, 0.05) is 24.7 Å². The monoisotopic (exact) mass is 383 g/mol. The molecule has 1 aromatic carbocycles. The van der Waals surface area contributed by atoms with Gasteiger partial charge in [-0.05, 0) is 50.9 Å². The van der Waals surface area contributed by atoms with Crippen LogP contribution >= 0.6 is 24.0 Å². The third-order valence-corrected chi connectivity index (χ3v) is 4.90. The molecule has 25 heavy (non-hydrogen) atoms. The molecule has 136 valence electrons. The molecule has 7 heteroatoms. The predicted octanol–water partition coefficient (Wildman–Crippen LogP) is 3.88. The van der Waals surface area contributed by atoms with Crippen LogP contribution in [0, 0.1) is 5.92 Å². The molecule has 0 bridgehead atoms. The third kappa shape index (κ3) is 4.75. The molecule has 3 rings (SSSR count). The van der Waals surface area contributed by atoms with Crippen LogP contribution in [0.15, 0.2) is 34.9 Å². The summed E-state index contributed by atoms with van der Waals surface area (Å²) in [6.07, 6.45) is 3.25. The number of carbonyl (C=O) groups excluding carboxylic acids is 1. The fourth-order valence-corrected chi connectivity index (χ4v) is 3.33. The second kappa shape index (κ2) is 9.22. The Labute approximate surface area is 159 Å². The Morgan fingerprint density at radius 2 is 2.08 bits per heavy atom. The molecule has 1 N–H and O–H groups in total. The van der Waals surface area contributed by atoms with E-state index in [-0.39, 0.29) is 18.3 Å². The van der Waals surface area contributed by atoms with Gasteiger partial charge in [-0.2, -0.15) is 0 Å². The van der Waals surface area contributed by atoms with Crippen molar-refractivity contribution in [3.05, 3.63) is 41.0 Å². The van der Waals surface area contributed by atoms with Crippen molar-refractivity contribution in [2.75, 3.05) is 26.7 Å². The summed E-state index contributed by atoms with van der Waals surface area (Å²) < 4.78 is 5.33. The van der Waals surface area contributed by atoms with Gasteiger partial charge in [0.25, 0.3) is 5.91 Å². The second-order valence-corrected chi connectivity index (χ2v) is 6.59. The van der Waals surface area contributed by atoms with Gasteiger partial charge in [-0.25, -0.2) is 0 Å². The van der Waals surface area contributed by atoms with Crippen molar-refractivity contribution < 1.29 is 9.32 Å². The molecule has 2 aromatic rings. The van der Waals surface area contributed by atoms with E-state index in [9.17, 15) is 4.79 Å². The summed E-state index contributed by atoms with van der Waals surface area (Å²) in [5, 5.41) is 7.71. The Balaban J connectivity index is 0.00000225. The van der Waals surface area contributed by atoms with E-state index in [1.165, 1.54) is 6.42 Å². The van der Waals surface area contributed by atoms with Gasteiger partial charge in [-0.3, -0.25) is 4.79 Å². The highest BCUT2D eigenvalue weighted by atomic mass is 35.5. The van der Waals surface area contributed by atoms with E-state index in [0.717, 1.165) is 38.0 Å². The number of benzene rings is 1. The number of carbonyl (C=O) groups is 1. The highest BCUT2D eigenvalue weighted by Gasteiger charge is 2.25. The number of nitrogens with zero attached hydrogens (tertiary/aromatic N) is 2. The van der Waals surface area contributed by atoms with Gasteiger partial charge >= 0.3 is 0 Å². The fourth-order valence-electron chi connectivity index (χ4n) is 3.10. The minimum Gasteiger partial charge on any atom is -0.355 e. The van der Waals surface area contributed by atoms with E-state index in [2.05, 4.69) is 10.5 Å². The number of aromatic nitrogens is 1. The maximum absolute atomic E-state index is 12.6. The van der Waals surface area contributed by atoms with Crippen molar-refractivity contribution in [1.82, 2.24) is 15.4 Å². The molecule has 1 aliphatic heterocycles. The van der Waals surface area contributed by atoms with E-state index in [0.29, 0.717) is 22.4 Å². The number of hydrogen-bond acceptors (Lipinski definition) is 4. The molecule has 1 amide bonds. The van der Waals surface area contributed by atoms with E-state index in [1.807, 2.05) is 30.1 Å². The molecule has 2 heterocycles. The minimum atomic E-state index is -0.0656. The van der Waals surface area contributed by atoms with Gasteiger partial charge < -0.3 is 14.7 Å². The Morgan fingerprint density at radius 1 is 1.36 bits per heavy atom. The minimum absolute atomic E-state index is 0. The Morgan fingerprint density at radius 3 is 2.76 bits per heavy atom. The summed E-state index contributed by atoms with van der Waals surface area (Å²) in [6, 6.07) is 9.05. The Hall–Kier alpha value is -1.56. The number of amides is 1. The molecule has 1 aromatic heterocycles. The first-order chi connectivity index (χ1) is 11.7. The molecule has 1 fully saturated rings. The maximum Gasteiger partial charge on any atom is 0.276 e. The smallest absolute Gasteiger partial charge is 0.276 e. The number of halogens is 2. The number of piperidine rings is 1. The average Bonchev–Trinajstić information content (AvgIpc) is 3.10. The van der Waals surface area contributed by atoms with E-state index < -0.39 is 0 Å². The lowest BCUT2D eigenvalue weighted by molar-refractivity contribution is 0.0677. The van der Waals surface area contributed by atoms with Crippen molar-refractivity contribution in [3.8, 4) is 11.3 Å². The molecule has 5 nitrogen and oxygen atoms in total. The quantitative estimate of drug-likeness (QED) is 0.850. The lowest BCUT2D eigenvalue weighted by atomic mass is 9.93. The molecule has 0 radical (unpaired) electrons. The van der Waals surface area contributed by atoms with Crippen LogP contribution < -0.4 is 5.32 Å².